The summed E-state index contributed by atoms with van der Waals surface area (Å²) in [5, 5.41) is 0. The van der Waals surface area contributed by atoms with Gasteiger partial charge in [0.2, 0.25) is 0 Å². The molecule has 3 atom stereocenters. The molecule has 4 aliphatic rings. The summed E-state index contributed by atoms with van der Waals surface area (Å²) in [5.41, 5.74) is 8.16. The van der Waals surface area contributed by atoms with E-state index in [2.05, 4.69) is 89.2 Å². The van der Waals surface area contributed by atoms with Crippen LogP contribution in [0.4, 0.5) is 0 Å². The van der Waals surface area contributed by atoms with Crippen LogP contribution in [-0.4, -0.2) is 9.79 Å². The molecule has 0 saturated carbocycles. The van der Waals surface area contributed by atoms with Crippen LogP contribution in [0.15, 0.2) is 12.1 Å². The van der Waals surface area contributed by atoms with E-state index in [4.69, 9.17) is 13.4 Å². The third kappa shape index (κ3) is 29.5. The van der Waals surface area contributed by atoms with Crippen LogP contribution >= 0.6 is 15.6 Å². The van der Waals surface area contributed by atoms with Gasteiger partial charge in [0.25, 0.3) is 0 Å². The first kappa shape index (κ1) is 75.6. The van der Waals surface area contributed by atoms with Crippen molar-refractivity contribution in [2.24, 2.45) is 0 Å². The Morgan fingerprint density at radius 1 is 0.446 bits per heavy atom. The van der Waals surface area contributed by atoms with Gasteiger partial charge in [-0.2, -0.15) is 4.31 Å². The molecule has 2 N–H and O–H groups in total. The summed E-state index contributed by atoms with van der Waals surface area (Å²) in [6.07, 6.45) is 56.0. The highest BCUT2D eigenvalue weighted by Gasteiger charge is 2.44. The molecule has 3 unspecified atom stereocenters. The summed E-state index contributed by atoms with van der Waals surface area (Å²) in [6.45, 7) is 26.7. The van der Waals surface area contributed by atoms with Crippen LogP contribution < -0.4 is 9.05 Å². The predicted molar refractivity (Wildman–Crippen MR) is 361 cm³/mol. The van der Waals surface area contributed by atoms with E-state index in [0.29, 0.717) is 12.2 Å². The zero-order chi connectivity index (χ0) is 61.0. The number of benzene rings is 2. The lowest BCUT2D eigenvalue weighted by Gasteiger charge is -2.38. The van der Waals surface area contributed by atoms with Crippen LogP contribution in [0, 0.1) is 6.92 Å². The van der Waals surface area contributed by atoms with Gasteiger partial charge in [0.05, 0.1) is 0 Å². The maximum Gasteiger partial charge on any atom is 0.537 e. The second kappa shape index (κ2) is 42.3. The highest BCUT2D eigenvalue weighted by Crippen LogP contribution is 2.63. The molecule has 4 heterocycles. The average molecular weight is 1200 g/mol. The third-order valence-electron chi connectivity index (χ3n) is 18.4. The maximum absolute atomic E-state index is 15.1. The fraction of sp³-hybridized carbons (Fsp3) is 0.838. The van der Waals surface area contributed by atoms with Crippen molar-refractivity contribution in [3.63, 3.8) is 0 Å². The molecule has 0 saturated heterocycles. The van der Waals surface area contributed by atoms with E-state index in [0.717, 1.165) is 99.3 Å². The Labute approximate surface area is 514 Å². The minimum Gasteiger partial charge on any atom is -0.404 e. The number of rotatable bonds is 47. The van der Waals surface area contributed by atoms with Crippen LogP contribution in [0.5, 0.6) is 11.5 Å². The number of hydrogen-bond donors (Lipinski definition) is 2. The van der Waals surface area contributed by atoms with E-state index < -0.39 is 26.5 Å². The van der Waals surface area contributed by atoms with Crippen molar-refractivity contribution < 1.29 is 32.3 Å². The van der Waals surface area contributed by atoms with Crippen LogP contribution in [0.2, 0.25) is 0 Å². The lowest BCUT2D eigenvalue weighted by atomic mass is 9.68. The Balaban J connectivity index is 2.48. The molecule has 6 rings (SSSR count). The highest BCUT2D eigenvalue weighted by atomic mass is 31.3. The fourth-order valence-electron chi connectivity index (χ4n) is 13.8. The molecule has 482 valence electrons. The average Bonchev–Trinajstić information content (AvgIpc) is 1.08. The zero-order valence-corrected chi connectivity index (χ0v) is 58.5. The van der Waals surface area contributed by atoms with Crippen LogP contribution in [-0.2, 0) is 37.1 Å². The molecule has 0 aliphatic carbocycles. The maximum atomic E-state index is 15.1. The van der Waals surface area contributed by atoms with Gasteiger partial charge < -0.3 is 9.05 Å². The molecular formula is C74H134O7P2. The SMILES string of the molecule is CCCCCCCCCCCCc1c2c(C(C)(C)C)c(CCCCCCCCCCCC)c(c1C(CCCCCCCCCCCC)CCCCCCCCCCCC)C(CCC)c1cc(C(C)(C)C)c(cc1C)OP(=O)(O)OP(=O)(O)O2. The quantitative estimate of drug-likeness (QED) is 0.0503. The van der Waals surface area contributed by atoms with Crippen molar-refractivity contribution in [2.75, 3.05) is 0 Å². The summed E-state index contributed by atoms with van der Waals surface area (Å²) in [5.74, 6) is 0.876. The van der Waals surface area contributed by atoms with Crippen molar-refractivity contribution in [1.29, 1.82) is 0 Å². The molecule has 2 aromatic rings. The molecule has 2 aromatic carbocycles. The monoisotopic (exact) mass is 1200 g/mol. The zero-order valence-electron chi connectivity index (χ0n) is 56.7. The number of phosphoric ester groups is 2. The Hall–Kier alpha value is -1.62. The first-order chi connectivity index (χ1) is 39.8. The van der Waals surface area contributed by atoms with E-state index in [1.807, 2.05) is 6.07 Å². The first-order valence-electron chi connectivity index (χ1n) is 35.9. The van der Waals surface area contributed by atoms with Gasteiger partial charge in [0.1, 0.15) is 11.5 Å². The second-order valence-corrected chi connectivity index (χ2v) is 31.1. The lowest BCUT2D eigenvalue weighted by Crippen LogP contribution is -2.25. The van der Waals surface area contributed by atoms with Gasteiger partial charge in [-0.05, 0) is 108 Å². The molecule has 4 aliphatic heterocycles. The Morgan fingerprint density at radius 3 is 1.16 bits per heavy atom. The Morgan fingerprint density at radius 2 is 0.795 bits per heavy atom. The number of phosphoric acid groups is 2. The van der Waals surface area contributed by atoms with Gasteiger partial charge in [0, 0.05) is 17.0 Å². The molecule has 83 heavy (non-hydrogen) atoms. The summed E-state index contributed by atoms with van der Waals surface area (Å²) in [7, 11) is -10.5. The largest absolute Gasteiger partial charge is 0.537 e. The van der Waals surface area contributed by atoms with Gasteiger partial charge in [-0.1, -0.05) is 333 Å². The van der Waals surface area contributed by atoms with E-state index in [9.17, 15) is 14.4 Å². The second-order valence-electron chi connectivity index (χ2n) is 28.2. The first-order valence-corrected chi connectivity index (χ1v) is 38.9. The smallest absolute Gasteiger partial charge is 0.404 e. The van der Waals surface area contributed by atoms with Gasteiger partial charge >= 0.3 is 15.6 Å². The molecule has 0 aromatic heterocycles. The third-order valence-corrected chi connectivity index (χ3v) is 20.9. The van der Waals surface area contributed by atoms with Crippen LogP contribution in [0.25, 0.3) is 0 Å². The molecule has 9 heteroatoms. The van der Waals surface area contributed by atoms with E-state index in [1.54, 1.807) is 0 Å². The standard InChI is InChI=1S/C74H134O7P2/c1-13-18-22-26-30-34-38-42-46-50-55-62(56-51-47-43-39-35-31-27-23-19-14-2)69-65(58-53-49-45-41-37-33-29-25-21-16-4)72-71(74(10,11)12)64(57-52-48-44-40-36-32-28-24-20-15-3)70(69)63(54-17-5)66-60-67(73(7,8)9)68(59-61(66)6)79-82(75,76)81-83(77,78)80-72/h59-60,62-63H,13-58H2,1-12H3,(H,75,76)(H,77,78). The Bertz CT molecular complexity index is 2090. The summed E-state index contributed by atoms with van der Waals surface area (Å²) in [4.78, 5) is 23.9. The molecule has 7 nitrogen and oxygen atoms in total. The van der Waals surface area contributed by atoms with Crippen molar-refractivity contribution in [2.45, 2.75) is 401 Å². The minimum absolute atomic E-state index is 0.0221. The number of unbranched alkanes of at least 4 members (excludes halogenated alkanes) is 36. The molecule has 0 spiro atoms. The van der Waals surface area contributed by atoms with Crippen LogP contribution in [0.3, 0.4) is 0 Å². The summed E-state index contributed by atoms with van der Waals surface area (Å²) < 4.78 is 47.6. The van der Waals surface area contributed by atoms with Crippen molar-refractivity contribution >= 4 is 15.6 Å². The van der Waals surface area contributed by atoms with Gasteiger partial charge in [-0.25, -0.2) is 9.13 Å². The van der Waals surface area contributed by atoms with Gasteiger partial charge in [-0.3, -0.25) is 9.79 Å². The normalized spacial score (nSPS) is 17.7. The topological polar surface area (TPSA) is 102 Å². The fourth-order valence-corrected chi connectivity index (χ4v) is 15.9. The summed E-state index contributed by atoms with van der Waals surface area (Å²) >= 11 is 0. The van der Waals surface area contributed by atoms with E-state index in [-0.39, 0.29) is 17.6 Å². The highest BCUT2D eigenvalue weighted by molar-refractivity contribution is 7.61. The molecular weight excluding hydrogens is 1060 g/mol. The molecule has 0 fully saturated rings. The van der Waals surface area contributed by atoms with Crippen molar-refractivity contribution in [1.82, 2.24) is 0 Å². The Kier molecular flexibility index (Phi) is 38.6. The van der Waals surface area contributed by atoms with E-state index >= 15 is 4.57 Å². The van der Waals surface area contributed by atoms with Gasteiger partial charge in [-0.15, -0.1) is 0 Å². The number of hydrogen-bond acceptors (Lipinski definition) is 5. The van der Waals surface area contributed by atoms with Crippen LogP contribution in [0.1, 0.15) is 415 Å². The number of aryl methyl sites for hydroxylation is 1. The lowest BCUT2D eigenvalue weighted by molar-refractivity contribution is 0.231. The van der Waals surface area contributed by atoms with Crippen molar-refractivity contribution in [3.8, 4) is 11.5 Å². The predicted octanol–water partition coefficient (Wildman–Crippen LogP) is 26.1. The minimum atomic E-state index is -5.31. The van der Waals surface area contributed by atoms with Gasteiger partial charge in [0.15, 0.2) is 0 Å². The molecule has 4 bridgehead atoms. The van der Waals surface area contributed by atoms with E-state index in [1.165, 1.54) is 234 Å². The molecule has 0 radical (unpaired) electrons. The molecule has 0 amide bonds. The summed E-state index contributed by atoms with van der Waals surface area (Å²) in [6, 6.07) is 4.20. The van der Waals surface area contributed by atoms with Crippen molar-refractivity contribution in [3.05, 3.63) is 56.6 Å².